The summed E-state index contributed by atoms with van der Waals surface area (Å²) in [4.78, 5) is 34.5. The van der Waals surface area contributed by atoms with E-state index in [1.165, 1.54) is 38.5 Å². The molecule has 3 aliphatic carbocycles. The van der Waals surface area contributed by atoms with Crippen molar-refractivity contribution < 1.29 is 23.5 Å². The molecule has 2 N–H and O–H groups in total. The van der Waals surface area contributed by atoms with Gasteiger partial charge in [0, 0.05) is 38.3 Å². The number of likely N-dealkylation sites (tertiary alicyclic amines) is 1. The first-order chi connectivity index (χ1) is 21.1. The van der Waals surface area contributed by atoms with E-state index in [-0.39, 0.29) is 41.9 Å². The highest BCUT2D eigenvalue weighted by molar-refractivity contribution is 6.20. The second-order valence-electron chi connectivity index (χ2n) is 14.3. The number of halogens is 1. The first-order valence-electron chi connectivity index (χ1n) is 17.4. The fraction of sp³-hybridized carbons (Fsp3) is 0.879. The molecule has 240 valence electrons. The fourth-order valence-corrected chi connectivity index (χ4v) is 9.52. The number of nitrogens with zero attached hydrogens (tertiary/aromatic N) is 3. The van der Waals surface area contributed by atoms with Gasteiger partial charge in [0.2, 0.25) is 0 Å². The largest absolute Gasteiger partial charge is 0.379 e. The summed E-state index contributed by atoms with van der Waals surface area (Å²) < 4.78 is 28.5. The second kappa shape index (κ2) is 13.4. The molecule has 0 bridgehead atoms. The van der Waals surface area contributed by atoms with Crippen molar-refractivity contribution in [1.29, 1.82) is 0 Å². The topological polar surface area (TPSA) is 86.4 Å². The normalized spacial score (nSPS) is 39.9. The Morgan fingerprint density at radius 1 is 0.930 bits per heavy atom. The number of Topliss-reactive ketones (excluding diaryl/α,β-unsaturated/α-hetero) is 1. The van der Waals surface area contributed by atoms with E-state index in [4.69, 9.17) is 9.47 Å². The number of hydrogen-bond donors (Lipinski definition) is 2. The van der Waals surface area contributed by atoms with Gasteiger partial charge in [0.15, 0.2) is 5.78 Å². The standard InChI is InChI=1S/C33H52FN5O4/c34-26-20-24-30-32(29(26)35-8-5-12-38-14-16-42-17-15-38)43-28-19-23-7-2-1-6-22(23)18-27(28)39(30)21-25(31(24)40)33(41)36-9-13-37-10-3-4-11-37/h21-24,26-30,32,35H,1-20H2,(H,36,41). The van der Waals surface area contributed by atoms with Gasteiger partial charge < -0.3 is 29.9 Å². The summed E-state index contributed by atoms with van der Waals surface area (Å²) in [6.07, 6.45) is 10.9. The summed E-state index contributed by atoms with van der Waals surface area (Å²) >= 11 is 0. The first-order valence-corrected chi connectivity index (χ1v) is 17.4. The lowest BCUT2D eigenvalue weighted by Crippen LogP contribution is -2.73. The summed E-state index contributed by atoms with van der Waals surface area (Å²) in [5.41, 5.74) is 0.219. The van der Waals surface area contributed by atoms with E-state index in [1.54, 1.807) is 0 Å². The molecule has 3 saturated heterocycles. The van der Waals surface area contributed by atoms with Crippen molar-refractivity contribution in [2.45, 2.75) is 101 Å². The second-order valence-corrected chi connectivity index (χ2v) is 14.3. The lowest BCUT2D eigenvalue weighted by Gasteiger charge is -2.61. The van der Waals surface area contributed by atoms with Crippen molar-refractivity contribution in [2.24, 2.45) is 17.8 Å². The van der Waals surface area contributed by atoms with Gasteiger partial charge in [-0.15, -0.1) is 0 Å². The van der Waals surface area contributed by atoms with Crippen LogP contribution in [0.1, 0.15) is 64.2 Å². The maximum atomic E-state index is 16.1. The SMILES string of the molecule is O=C(NCCN1CCCC1)C1=CN2C3CC4CCCCC4CC3OC3C(NCCCN4CCOCC4)C(F)CC(C1=O)C32. The fourth-order valence-electron chi connectivity index (χ4n) is 9.52. The third-order valence-electron chi connectivity index (χ3n) is 11.8. The monoisotopic (exact) mass is 601 g/mol. The third-order valence-corrected chi connectivity index (χ3v) is 11.8. The van der Waals surface area contributed by atoms with Gasteiger partial charge in [0.05, 0.1) is 49.1 Å². The third kappa shape index (κ3) is 6.28. The number of ketones is 1. The number of amides is 1. The summed E-state index contributed by atoms with van der Waals surface area (Å²) in [7, 11) is 0. The van der Waals surface area contributed by atoms with Gasteiger partial charge in [-0.05, 0) is 76.5 Å². The minimum Gasteiger partial charge on any atom is -0.379 e. The minimum absolute atomic E-state index is 0.00753. The van der Waals surface area contributed by atoms with E-state index in [0.29, 0.717) is 24.9 Å². The zero-order chi connectivity index (χ0) is 29.3. The van der Waals surface area contributed by atoms with Gasteiger partial charge in [0.25, 0.3) is 5.91 Å². The zero-order valence-electron chi connectivity index (χ0n) is 25.8. The Morgan fingerprint density at radius 2 is 1.67 bits per heavy atom. The van der Waals surface area contributed by atoms with Crippen molar-refractivity contribution in [3.8, 4) is 0 Å². The van der Waals surface area contributed by atoms with E-state index in [2.05, 4.69) is 25.3 Å². The zero-order valence-corrected chi connectivity index (χ0v) is 25.8. The molecule has 4 heterocycles. The molecular formula is C33H52FN5O4. The smallest absolute Gasteiger partial charge is 0.256 e. The molecule has 9 atom stereocenters. The quantitative estimate of drug-likeness (QED) is 0.307. The van der Waals surface area contributed by atoms with Crippen molar-refractivity contribution >= 4 is 11.7 Å². The molecule has 9 nitrogen and oxygen atoms in total. The van der Waals surface area contributed by atoms with E-state index in [9.17, 15) is 9.59 Å². The number of morpholine rings is 2. The van der Waals surface area contributed by atoms with Crippen LogP contribution in [0.3, 0.4) is 0 Å². The molecule has 6 fully saturated rings. The molecule has 7 rings (SSSR count). The Hall–Kier alpha value is -1.59. The average molecular weight is 602 g/mol. The Morgan fingerprint density at radius 3 is 2.47 bits per heavy atom. The average Bonchev–Trinajstić information content (AvgIpc) is 3.54. The van der Waals surface area contributed by atoms with Crippen molar-refractivity contribution in [3.05, 3.63) is 11.8 Å². The molecule has 0 radical (unpaired) electrons. The highest BCUT2D eigenvalue weighted by atomic mass is 19.1. The van der Waals surface area contributed by atoms with E-state index < -0.39 is 24.2 Å². The van der Waals surface area contributed by atoms with Crippen LogP contribution in [0.25, 0.3) is 0 Å². The van der Waals surface area contributed by atoms with Crippen molar-refractivity contribution in [3.63, 3.8) is 0 Å². The molecule has 3 saturated carbocycles. The van der Waals surface area contributed by atoms with Crippen LogP contribution >= 0.6 is 0 Å². The Balaban J connectivity index is 1.09. The van der Waals surface area contributed by atoms with Crippen LogP contribution in [0, 0.1) is 17.8 Å². The Bertz CT molecular complexity index is 1030. The molecule has 9 unspecified atom stereocenters. The van der Waals surface area contributed by atoms with Crippen LogP contribution in [0.2, 0.25) is 0 Å². The number of carbonyl (C=O) groups is 2. The van der Waals surface area contributed by atoms with Crippen LogP contribution in [0.15, 0.2) is 11.8 Å². The van der Waals surface area contributed by atoms with Gasteiger partial charge in [0.1, 0.15) is 6.17 Å². The van der Waals surface area contributed by atoms with Crippen molar-refractivity contribution in [2.75, 3.05) is 65.6 Å². The summed E-state index contributed by atoms with van der Waals surface area (Å²) in [5.74, 6) is 0.277. The molecule has 43 heavy (non-hydrogen) atoms. The highest BCUT2D eigenvalue weighted by Gasteiger charge is 2.59. The molecule has 4 aliphatic heterocycles. The van der Waals surface area contributed by atoms with Crippen LogP contribution < -0.4 is 10.6 Å². The van der Waals surface area contributed by atoms with Gasteiger partial charge in [-0.25, -0.2) is 4.39 Å². The summed E-state index contributed by atoms with van der Waals surface area (Å²) in [6.45, 7) is 8.62. The maximum Gasteiger partial charge on any atom is 0.256 e. The highest BCUT2D eigenvalue weighted by Crippen LogP contribution is 2.50. The van der Waals surface area contributed by atoms with E-state index in [1.807, 2.05) is 6.20 Å². The maximum absolute atomic E-state index is 16.1. The van der Waals surface area contributed by atoms with Gasteiger partial charge >= 0.3 is 0 Å². The van der Waals surface area contributed by atoms with Gasteiger partial charge in [-0.3, -0.25) is 14.5 Å². The van der Waals surface area contributed by atoms with Crippen LogP contribution in [0.5, 0.6) is 0 Å². The number of hydrogen-bond acceptors (Lipinski definition) is 8. The molecule has 0 spiro atoms. The first kappa shape index (κ1) is 30.1. The van der Waals surface area contributed by atoms with Crippen LogP contribution in [-0.2, 0) is 19.1 Å². The number of ether oxygens (including phenoxy) is 2. The van der Waals surface area contributed by atoms with E-state index >= 15 is 4.39 Å². The van der Waals surface area contributed by atoms with Gasteiger partial charge in [-0.1, -0.05) is 25.7 Å². The number of rotatable bonds is 9. The lowest BCUT2D eigenvalue weighted by atomic mass is 9.65. The summed E-state index contributed by atoms with van der Waals surface area (Å²) in [6, 6.07) is -0.531. The Kier molecular flexibility index (Phi) is 9.38. The molecule has 0 aromatic carbocycles. The lowest BCUT2D eigenvalue weighted by molar-refractivity contribution is -0.208. The Labute approximate surface area is 256 Å². The number of carbonyl (C=O) groups excluding carboxylic acids is 2. The predicted molar refractivity (Wildman–Crippen MR) is 161 cm³/mol. The molecule has 0 aromatic rings. The molecule has 1 amide bonds. The van der Waals surface area contributed by atoms with Crippen molar-refractivity contribution in [1.82, 2.24) is 25.3 Å². The predicted octanol–water partition coefficient (Wildman–Crippen LogP) is 2.11. The number of nitrogens with one attached hydrogen (secondary N) is 2. The number of alkyl halides is 1. The summed E-state index contributed by atoms with van der Waals surface area (Å²) in [5, 5.41) is 6.59. The number of fused-ring (bicyclic) bond motifs is 3. The van der Waals surface area contributed by atoms with Crippen LogP contribution in [0.4, 0.5) is 4.39 Å². The minimum atomic E-state index is -1.19. The molecule has 0 aromatic heterocycles. The molecular weight excluding hydrogens is 549 g/mol. The molecule has 10 heteroatoms. The van der Waals surface area contributed by atoms with Crippen LogP contribution in [-0.4, -0.2) is 128 Å². The van der Waals surface area contributed by atoms with E-state index in [0.717, 1.165) is 71.7 Å². The van der Waals surface area contributed by atoms with Gasteiger partial charge in [-0.2, -0.15) is 0 Å². The molecule has 7 aliphatic rings.